The fourth-order valence-corrected chi connectivity index (χ4v) is 1.85. The number of rotatable bonds is 8. The minimum atomic E-state index is -2.86. The lowest BCUT2D eigenvalue weighted by atomic mass is 10.0. The van der Waals surface area contributed by atoms with Crippen LogP contribution in [0.2, 0.25) is 0 Å². The highest BCUT2D eigenvalue weighted by Gasteiger charge is 2.17. The number of nitrogens with zero attached hydrogens (tertiary/aromatic N) is 1. The Morgan fingerprint density at radius 2 is 1.88 bits per heavy atom. The predicted molar refractivity (Wildman–Crippen MR) is 74.2 cm³/mol. The van der Waals surface area contributed by atoms with Gasteiger partial charge >= 0.3 is 0 Å². The molecule has 5 heteroatoms. The lowest BCUT2D eigenvalue weighted by Gasteiger charge is -2.30. The lowest BCUT2D eigenvalue weighted by molar-refractivity contribution is 0.240. The first kappa shape index (κ1) is 16.9. The van der Waals surface area contributed by atoms with E-state index in [2.05, 4.69) is 37.9 Å². The Morgan fingerprint density at radius 1 is 1.35 bits per heavy atom. The Labute approximate surface area is 107 Å². The first-order chi connectivity index (χ1) is 7.57. The first-order valence-electron chi connectivity index (χ1n) is 6.20. The van der Waals surface area contributed by atoms with E-state index < -0.39 is 9.84 Å². The van der Waals surface area contributed by atoms with Crippen LogP contribution in [-0.4, -0.2) is 57.0 Å². The molecule has 0 saturated heterocycles. The molecule has 0 spiro atoms. The summed E-state index contributed by atoms with van der Waals surface area (Å²) in [6.45, 7) is 10.1. The van der Waals surface area contributed by atoms with E-state index in [-0.39, 0.29) is 11.3 Å². The smallest absolute Gasteiger partial charge is 0.148 e. The number of sulfone groups is 1. The summed E-state index contributed by atoms with van der Waals surface area (Å²) in [6.07, 6.45) is 2.36. The summed E-state index contributed by atoms with van der Waals surface area (Å²) in [7, 11) is -0.894. The molecular formula is C12H28N2O2S. The molecule has 0 saturated carbocycles. The van der Waals surface area contributed by atoms with Crippen molar-refractivity contribution >= 4 is 9.84 Å². The molecule has 0 fully saturated rings. The van der Waals surface area contributed by atoms with E-state index in [0.717, 1.165) is 13.0 Å². The van der Waals surface area contributed by atoms with Gasteiger partial charge in [-0.15, -0.1) is 0 Å². The van der Waals surface area contributed by atoms with E-state index in [1.165, 1.54) is 6.26 Å². The summed E-state index contributed by atoms with van der Waals surface area (Å²) in [5.74, 6) is 0.227. The zero-order valence-corrected chi connectivity index (χ0v) is 12.9. The van der Waals surface area contributed by atoms with E-state index in [0.29, 0.717) is 12.6 Å². The van der Waals surface area contributed by atoms with E-state index in [4.69, 9.17) is 0 Å². The second-order valence-electron chi connectivity index (χ2n) is 5.58. The summed E-state index contributed by atoms with van der Waals surface area (Å²) >= 11 is 0. The number of hydrogen-bond donors (Lipinski definition) is 1. The summed E-state index contributed by atoms with van der Waals surface area (Å²) < 4.78 is 22.2. The van der Waals surface area contributed by atoms with Crippen molar-refractivity contribution in [2.24, 2.45) is 0 Å². The van der Waals surface area contributed by atoms with Crippen LogP contribution in [-0.2, 0) is 9.84 Å². The van der Waals surface area contributed by atoms with Crippen LogP contribution in [0.1, 0.15) is 34.1 Å². The van der Waals surface area contributed by atoms with Gasteiger partial charge in [-0.3, -0.25) is 0 Å². The average Bonchev–Trinajstić information content (AvgIpc) is 2.21. The fraction of sp³-hybridized carbons (Fsp3) is 1.00. The largest absolute Gasteiger partial charge is 0.310 e. The first-order valence-corrected chi connectivity index (χ1v) is 8.26. The number of hydrogen-bond acceptors (Lipinski definition) is 4. The van der Waals surface area contributed by atoms with Crippen molar-refractivity contribution in [2.45, 2.75) is 45.7 Å². The topological polar surface area (TPSA) is 49.4 Å². The van der Waals surface area contributed by atoms with Crippen molar-refractivity contribution in [2.75, 3.05) is 32.1 Å². The van der Waals surface area contributed by atoms with Gasteiger partial charge in [0.25, 0.3) is 0 Å². The molecule has 17 heavy (non-hydrogen) atoms. The van der Waals surface area contributed by atoms with Crippen LogP contribution in [0.5, 0.6) is 0 Å². The zero-order valence-electron chi connectivity index (χ0n) is 12.1. The van der Waals surface area contributed by atoms with E-state index in [9.17, 15) is 8.42 Å². The molecule has 0 rings (SSSR count). The lowest BCUT2D eigenvalue weighted by Crippen LogP contribution is -2.47. The quantitative estimate of drug-likeness (QED) is 0.714. The van der Waals surface area contributed by atoms with Gasteiger partial charge in [-0.05, 0) is 34.2 Å². The van der Waals surface area contributed by atoms with Crippen LogP contribution in [0.3, 0.4) is 0 Å². The highest BCUT2D eigenvalue weighted by atomic mass is 32.2. The maximum Gasteiger partial charge on any atom is 0.148 e. The van der Waals surface area contributed by atoms with Gasteiger partial charge in [0, 0.05) is 30.9 Å². The van der Waals surface area contributed by atoms with Gasteiger partial charge in [0.05, 0.1) is 5.75 Å². The van der Waals surface area contributed by atoms with Crippen LogP contribution in [0.4, 0.5) is 0 Å². The van der Waals surface area contributed by atoms with Crippen molar-refractivity contribution in [3.8, 4) is 0 Å². The Balaban J connectivity index is 4.02. The third-order valence-electron chi connectivity index (χ3n) is 3.33. The highest BCUT2D eigenvalue weighted by Crippen LogP contribution is 2.07. The van der Waals surface area contributed by atoms with Crippen molar-refractivity contribution in [3.05, 3.63) is 0 Å². The summed E-state index contributed by atoms with van der Waals surface area (Å²) in [6, 6.07) is 0.336. The average molecular weight is 264 g/mol. The van der Waals surface area contributed by atoms with Crippen molar-refractivity contribution in [1.29, 1.82) is 0 Å². The van der Waals surface area contributed by atoms with Crippen LogP contribution in [0, 0.1) is 0 Å². The van der Waals surface area contributed by atoms with E-state index in [1.807, 2.05) is 7.05 Å². The minimum absolute atomic E-state index is 0.145. The van der Waals surface area contributed by atoms with Gasteiger partial charge in [-0.1, -0.05) is 6.92 Å². The molecule has 1 atom stereocenters. The fourth-order valence-electron chi connectivity index (χ4n) is 1.24. The third kappa shape index (κ3) is 8.57. The Bertz CT molecular complexity index is 312. The number of likely N-dealkylation sites (N-methyl/N-ethyl adjacent to an activating group) is 1. The predicted octanol–water partition coefficient (Wildman–Crippen LogP) is 1.13. The van der Waals surface area contributed by atoms with Gasteiger partial charge in [0.15, 0.2) is 0 Å². The Kier molecular flexibility index (Phi) is 6.66. The van der Waals surface area contributed by atoms with Gasteiger partial charge in [-0.2, -0.15) is 0 Å². The molecule has 0 aromatic heterocycles. The molecule has 0 aromatic carbocycles. The van der Waals surface area contributed by atoms with Gasteiger partial charge in [0.2, 0.25) is 0 Å². The number of nitrogens with one attached hydrogen (secondary N) is 1. The SMILES string of the molecule is CCC(C)(C)NCC(C)N(C)CCS(C)(=O)=O. The van der Waals surface area contributed by atoms with Crippen molar-refractivity contribution in [1.82, 2.24) is 10.2 Å². The summed E-state index contributed by atoms with van der Waals surface area (Å²) in [5, 5.41) is 3.50. The summed E-state index contributed by atoms with van der Waals surface area (Å²) in [5.41, 5.74) is 0.145. The molecule has 0 aliphatic carbocycles. The third-order valence-corrected chi connectivity index (χ3v) is 4.25. The molecule has 104 valence electrons. The normalized spacial score (nSPS) is 15.2. The molecule has 0 amide bonds. The Morgan fingerprint density at radius 3 is 2.29 bits per heavy atom. The molecule has 4 nitrogen and oxygen atoms in total. The standard InChI is InChI=1S/C12H28N2O2S/c1-7-12(3,4)13-10-11(2)14(5)8-9-17(6,15)16/h11,13H,7-10H2,1-6H3. The van der Waals surface area contributed by atoms with Crippen molar-refractivity contribution < 1.29 is 8.42 Å². The van der Waals surface area contributed by atoms with Gasteiger partial charge in [-0.25, -0.2) is 8.42 Å². The zero-order chi connectivity index (χ0) is 13.7. The van der Waals surface area contributed by atoms with Crippen LogP contribution < -0.4 is 5.32 Å². The molecule has 1 unspecified atom stereocenters. The Hall–Kier alpha value is -0.130. The molecule has 1 N–H and O–H groups in total. The second-order valence-corrected chi connectivity index (χ2v) is 7.84. The maximum absolute atomic E-state index is 11.1. The van der Waals surface area contributed by atoms with E-state index in [1.54, 1.807) is 0 Å². The molecule has 0 aromatic rings. The summed E-state index contributed by atoms with van der Waals surface area (Å²) in [4.78, 5) is 2.08. The molecule has 0 radical (unpaired) electrons. The van der Waals surface area contributed by atoms with Crippen LogP contribution in [0.15, 0.2) is 0 Å². The van der Waals surface area contributed by atoms with Crippen LogP contribution >= 0.6 is 0 Å². The maximum atomic E-state index is 11.1. The molecule has 0 bridgehead atoms. The monoisotopic (exact) mass is 264 g/mol. The van der Waals surface area contributed by atoms with Gasteiger partial charge < -0.3 is 10.2 Å². The van der Waals surface area contributed by atoms with Gasteiger partial charge in [0.1, 0.15) is 9.84 Å². The molecule has 0 aliphatic rings. The molecule has 0 heterocycles. The highest BCUT2D eigenvalue weighted by molar-refractivity contribution is 7.90. The second kappa shape index (κ2) is 6.71. The van der Waals surface area contributed by atoms with Crippen molar-refractivity contribution in [3.63, 3.8) is 0 Å². The van der Waals surface area contributed by atoms with Crippen LogP contribution in [0.25, 0.3) is 0 Å². The molecule has 0 aliphatic heterocycles. The molecular weight excluding hydrogens is 236 g/mol. The minimum Gasteiger partial charge on any atom is -0.310 e. The van der Waals surface area contributed by atoms with E-state index >= 15 is 0 Å².